The van der Waals surface area contributed by atoms with Gasteiger partial charge in [-0.25, -0.2) is 9.97 Å². The molecule has 0 spiro atoms. The molecule has 0 aliphatic carbocycles. The normalized spacial score (nSPS) is 11.8. The molecule has 0 bridgehead atoms. The van der Waals surface area contributed by atoms with Gasteiger partial charge in [0.2, 0.25) is 11.7 Å². The van der Waals surface area contributed by atoms with Crippen molar-refractivity contribution >= 4 is 0 Å². The van der Waals surface area contributed by atoms with Crippen molar-refractivity contribution in [2.75, 3.05) is 0 Å². The van der Waals surface area contributed by atoms with Crippen molar-refractivity contribution in [2.24, 2.45) is 5.73 Å². The van der Waals surface area contributed by atoms with Gasteiger partial charge in [0.1, 0.15) is 11.5 Å². The molecule has 84 valence electrons. The Bertz CT molecular complexity index is 500. The molecule has 2 rings (SSSR count). The first-order valence-electron chi connectivity index (χ1n) is 4.90. The van der Waals surface area contributed by atoms with E-state index in [9.17, 15) is 0 Å². The van der Waals surface area contributed by atoms with Gasteiger partial charge in [-0.1, -0.05) is 5.16 Å². The maximum Gasteiger partial charge on any atom is 0.246 e. The third-order valence-corrected chi connectivity index (χ3v) is 1.98. The third-order valence-electron chi connectivity index (χ3n) is 1.98. The largest absolute Gasteiger partial charge is 0.337 e. The molecule has 16 heavy (non-hydrogen) atoms. The molecule has 2 N–H and O–H groups in total. The predicted molar refractivity (Wildman–Crippen MR) is 57.3 cm³/mol. The summed E-state index contributed by atoms with van der Waals surface area (Å²) in [4.78, 5) is 12.4. The molecule has 0 aliphatic rings. The second-order valence-electron chi connectivity index (χ2n) is 4.13. The van der Waals surface area contributed by atoms with Crippen LogP contribution < -0.4 is 5.73 Å². The monoisotopic (exact) mass is 219 g/mol. The molecule has 2 aromatic heterocycles. The number of nitrogens with two attached hydrogens (primary N) is 1. The Kier molecular flexibility index (Phi) is 2.43. The molecule has 0 aliphatic heterocycles. The van der Waals surface area contributed by atoms with Gasteiger partial charge in [-0.2, -0.15) is 4.98 Å². The molecule has 0 atom stereocenters. The van der Waals surface area contributed by atoms with E-state index in [0.29, 0.717) is 23.2 Å². The molecule has 0 saturated heterocycles. The Morgan fingerprint density at radius 2 is 2.06 bits per heavy atom. The highest BCUT2D eigenvalue weighted by Gasteiger charge is 2.23. The zero-order valence-corrected chi connectivity index (χ0v) is 9.43. The van der Waals surface area contributed by atoms with E-state index in [1.165, 1.54) is 0 Å². The molecule has 0 radical (unpaired) electrons. The zero-order valence-electron chi connectivity index (χ0n) is 9.43. The van der Waals surface area contributed by atoms with E-state index in [2.05, 4.69) is 20.1 Å². The second kappa shape index (κ2) is 3.64. The van der Waals surface area contributed by atoms with Gasteiger partial charge in [0.05, 0.1) is 5.54 Å². The van der Waals surface area contributed by atoms with Gasteiger partial charge < -0.3 is 10.3 Å². The van der Waals surface area contributed by atoms with Crippen molar-refractivity contribution in [3.8, 4) is 11.5 Å². The maximum absolute atomic E-state index is 5.85. The molecule has 0 unspecified atom stereocenters. The van der Waals surface area contributed by atoms with E-state index in [1.807, 2.05) is 0 Å². The first-order valence-corrected chi connectivity index (χ1v) is 4.90. The smallest absolute Gasteiger partial charge is 0.246 e. The summed E-state index contributed by atoms with van der Waals surface area (Å²) in [6.45, 7) is 5.41. The fraction of sp³-hybridized carbons (Fsp3) is 0.400. The van der Waals surface area contributed by atoms with Crippen LogP contribution in [0.25, 0.3) is 11.5 Å². The van der Waals surface area contributed by atoms with Gasteiger partial charge in [-0.3, -0.25) is 0 Å². The zero-order chi connectivity index (χ0) is 11.8. The second-order valence-corrected chi connectivity index (χ2v) is 4.13. The van der Waals surface area contributed by atoms with Crippen molar-refractivity contribution in [1.82, 2.24) is 20.1 Å². The van der Waals surface area contributed by atoms with Crippen molar-refractivity contribution in [1.29, 1.82) is 0 Å². The van der Waals surface area contributed by atoms with E-state index < -0.39 is 5.54 Å². The summed E-state index contributed by atoms with van der Waals surface area (Å²) in [5.41, 5.74) is 5.83. The molecule has 6 heteroatoms. The average Bonchev–Trinajstić information content (AvgIpc) is 2.65. The summed E-state index contributed by atoms with van der Waals surface area (Å²) < 4.78 is 5.08. The Balaban J connectivity index is 2.39. The van der Waals surface area contributed by atoms with Crippen LogP contribution >= 0.6 is 0 Å². The minimum Gasteiger partial charge on any atom is -0.337 e. The van der Waals surface area contributed by atoms with Crippen LogP contribution in [0.1, 0.15) is 25.6 Å². The lowest BCUT2D eigenvalue weighted by Gasteiger charge is -2.10. The van der Waals surface area contributed by atoms with Gasteiger partial charge in [-0.15, -0.1) is 0 Å². The number of aromatic nitrogens is 4. The fourth-order valence-corrected chi connectivity index (χ4v) is 1.17. The Hall–Kier alpha value is -1.82. The van der Waals surface area contributed by atoms with Crippen LogP contribution in [0.4, 0.5) is 0 Å². The van der Waals surface area contributed by atoms with Gasteiger partial charge in [0, 0.05) is 6.20 Å². The summed E-state index contributed by atoms with van der Waals surface area (Å²) >= 11 is 0. The van der Waals surface area contributed by atoms with Gasteiger partial charge >= 0.3 is 0 Å². The average molecular weight is 219 g/mol. The SMILES string of the molecule is Cc1nccc(-c2noc(C(C)(C)N)n2)n1. The predicted octanol–water partition coefficient (Wildman–Crippen LogP) is 1.03. The van der Waals surface area contributed by atoms with Crippen molar-refractivity contribution < 1.29 is 4.52 Å². The van der Waals surface area contributed by atoms with Crippen molar-refractivity contribution in [2.45, 2.75) is 26.3 Å². The highest BCUT2D eigenvalue weighted by Crippen LogP contribution is 2.18. The van der Waals surface area contributed by atoms with Crippen LogP contribution in [-0.2, 0) is 5.54 Å². The minimum atomic E-state index is -0.646. The first kappa shape index (κ1) is 10.7. The number of nitrogens with zero attached hydrogens (tertiary/aromatic N) is 4. The van der Waals surface area contributed by atoms with E-state index in [1.54, 1.807) is 33.0 Å². The summed E-state index contributed by atoms with van der Waals surface area (Å²) in [6.07, 6.45) is 1.65. The molecule has 0 saturated carbocycles. The van der Waals surface area contributed by atoms with Crippen LogP contribution in [0.5, 0.6) is 0 Å². The van der Waals surface area contributed by atoms with E-state index in [4.69, 9.17) is 10.3 Å². The summed E-state index contributed by atoms with van der Waals surface area (Å²) in [7, 11) is 0. The van der Waals surface area contributed by atoms with Crippen LogP contribution in [-0.4, -0.2) is 20.1 Å². The molecule has 0 fully saturated rings. The minimum absolute atomic E-state index is 0.388. The van der Waals surface area contributed by atoms with Crippen LogP contribution in [0.15, 0.2) is 16.8 Å². The van der Waals surface area contributed by atoms with Gasteiger partial charge in [-0.05, 0) is 26.8 Å². The van der Waals surface area contributed by atoms with E-state index >= 15 is 0 Å². The topological polar surface area (TPSA) is 90.7 Å². The lowest BCUT2D eigenvalue weighted by atomic mass is 10.1. The molecule has 0 aromatic carbocycles. The highest BCUT2D eigenvalue weighted by molar-refractivity contribution is 5.47. The number of hydrogen-bond acceptors (Lipinski definition) is 6. The van der Waals surface area contributed by atoms with E-state index in [0.717, 1.165) is 0 Å². The molecule has 6 nitrogen and oxygen atoms in total. The molecule has 2 heterocycles. The molecular weight excluding hydrogens is 206 g/mol. The Morgan fingerprint density at radius 1 is 1.31 bits per heavy atom. The summed E-state index contributed by atoms with van der Waals surface area (Å²) in [6, 6.07) is 1.73. The lowest BCUT2D eigenvalue weighted by molar-refractivity contribution is 0.312. The summed E-state index contributed by atoms with van der Waals surface area (Å²) in [5.74, 6) is 1.48. The lowest BCUT2D eigenvalue weighted by Crippen LogP contribution is -2.28. The standard InChI is InChI=1S/C10H13N5O/c1-6-12-5-4-7(13-6)8-14-9(16-15-8)10(2,3)11/h4-5H,11H2,1-3H3. The maximum atomic E-state index is 5.85. The highest BCUT2D eigenvalue weighted by atomic mass is 16.5. The van der Waals surface area contributed by atoms with Crippen LogP contribution in [0.2, 0.25) is 0 Å². The van der Waals surface area contributed by atoms with E-state index in [-0.39, 0.29) is 0 Å². The Morgan fingerprint density at radius 3 is 2.62 bits per heavy atom. The first-order chi connectivity index (χ1) is 7.47. The fourth-order valence-electron chi connectivity index (χ4n) is 1.17. The Labute approximate surface area is 92.9 Å². The van der Waals surface area contributed by atoms with Crippen LogP contribution in [0.3, 0.4) is 0 Å². The summed E-state index contributed by atoms with van der Waals surface area (Å²) in [5, 5.41) is 3.84. The molecular formula is C10H13N5O. The molecule has 0 amide bonds. The number of hydrogen-bond donors (Lipinski definition) is 1. The van der Waals surface area contributed by atoms with Gasteiger partial charge in [0.15, 0.2) is 0 Å². The third kappa shape index (κ3) is 2.06. The van der Waals surface area contributed by atoms with Crippen molar-refractivity contribution in [3.05, 3.63) is 24.0 Å². The molecule has 2 aromatic rings. The number of rotatable bonds is 2. The quantitative estimate of drug-likeness (QED) is 0.811. The van der Waals surface area contributed by atoms with Crippen LogP contribution in [0, 0.1) is 6.92 Å². The number of aryl methyl sites for hydroxylation is 1. The van der Waals surface area contributed by atoms with Crippen molar-refractivity contribution in [3.63, 3.8) is 0 Å². The van der Waals surface area contributed by atoms with Gasteiger partial charge in [0.25, 0.3) is 0 Å².